The molecule has 24 heavy (non-hydrogen) atoms. The molecule has 0 aliphatic carbocycles. The molecule has 1 N–H and O–H groups in total. The Morgan fingerprint density at radius 1 is 1.46 bits per heavy atom. The van der Waals surface area contributed by atoms with E-state index < -0.39 is 10.2 Å². The molecule has 1 atom stereocenters. The fourth-order valence-electron chi connectivity index (χ4n) is 1.89. The van der Waals surface area contributed by atoms with E-state index in [1.165, 1.54) is 31.0 Å². The number of amides is 1. The van der Waals surface area contributed by atoms with Crippen molar-refractivity contribution in [2.45, 2.75) is 26.0 Å². The van der Waals surface area contributed by atoms with Crippen LogP contribution >= 0.6 is 24.0 Å². The number of hydrogen-bond donors (Lipinski definition) is 1. The van der Waals surface area contributed by atoms with Gasteiger partial charge in [0.05, 0.1) is 23.3 Å². The minimum atomic E-state index is -0.559. The van der Waals surface area contributed by atoms with E-state index in [1.54, 1.807) is 13.0 Å². The number of rotatable bonds is 7. The molecule has 0 saturated carbocycles. The van der Waals surface area contributed by atoms with Crippen LogP contribution in [-0.2, 0) is 4.79 Å². The van der Waals surface area contributed by atoms with E-state index in [2.05, 4.69) is 5.32 Å². The van der Waals surface area contributed by atoms with Crippen molar-refractivity contribution in [3.05, 3.63) is 28.3 Å². The SMILES string of the molecule is CCN(CC)C(=S)S[C@H](C)C(=O)Nc1ccc(OC)cc1[N+](=O)[O-]. The number of ether oxygens (including phenoxy) is 1. The predicted octanol–water partition coefficient (Wildman–Crippen LogP) is 3.29. The summed E-state index contributed by atoms with van der Waals surface area (Å²) in [6.07, 6.45) is 0. The van der Waals surface area contributed by atoms with E-state index in [0.29, 0.717) is 10.1 Å². The number of methoxy groups -OCH3 is 1. The third-order valence-corrected chi connectivity index (χ3v) is 4.90. The van der Waals surface area contributed by atoms with E-state index in [4.69, 9.17) is 17.0 Å². The molecule has 0 bridgehead atoms. The van der Waals surface area contributed by atoms with Crippen LogP contribution in [0.2, 0.25) is 0 Å². The Hall–Kier alpha value is -1.87. The Bertz CT molecular complexity index is 621. The highest BCUT2D eigenvalue weighted by Gasteiger charge is 2.22. The highest BCUT2D eigenvalue weighted by Crippen LogP contribution is 2.29. The topological polar surface area (TPSA) is 84.7 Å². The Labute approximate surface area is 150 Å². The largest absolute Gasteiger partial charge is 0.496 e. The number of anilines is 1. The summed E-state index contributed by atoms with van der Waals surface area (Å²) in [4.78, 5) is 24.9. The number of carbonyl (C=O) groups excluding carboxylic acids is 1. The average Bonchev–Trinajstić information content (AvgIpc) is 2.55. The maximum absolute atomic E-state index is 12.3. The first-order valence-corrected chi connectivity index (χ1v) is 8.71. The third kappa shape index (κ3) is 5.34. The van der Waals surface area contributed by atoms with Gasteiger partial charge in [0, 0.05) is 13.1 Å². The molecule has 0 saturated heterocycles. The number of nitro groups is 1. The zero-order chi connectivity index (χ0) is 18.3. The van der Waals surface area contributed by atoms with Crippen LogP contribution < -0.4 is 10.1 Å². The summed E-state index contributed by atoms with van der Waals surface area (Å²) in [5.74, 6) is 0.00704. The Balaban J connectivity index is 2.83. The highest BCUT2D eigenvalue weighted by atomic mass is 32.2. The average molecular weight is 371 g/mol. The molecule has 9 heteroatoms. The lowest BCUT2D eigenvalue weighted by atomic mass is 10.2. The van der Waals surface area contributed by atoms with Gasteiger partial charge in [0.2, 0.25) is 5.91 Å². The molecule has 0 fully saturated rings. The summed E-state index contributed by atoms with van der Waals surface area (Å²) in [7, 11) is 1.42. The van der Waals surface area contributed by atoms with Crippen LogP contribution in [0.4, 0.5) is 11.4 Å². The molecule has 1 amide bonds. The Morgan fingerprint density at radius 2 is 2.08 bits per heavy atom. The molecule has 0 aliphatic heterocycles. The molecule has 1 aromatic rings. The fraction of sp³-hybridized carbons (Fsp3) is 0.467. The smallest absolute Gasteiger partial charge is 0.296 e. The molecule has 1 aromatic carbocycles. The minimum Gasteiger partial charge on any atom is -0.496 e. The summed E-state index contributed by atoms with van der Waals surface area (Å²) in [6.45, 7) is 7.22. The van der Waals surface area contributed by atoms with Crippen LogP contribution in [-0.4, -0.2) is 45.5 Å². The van der Waals surface area contributed by atoms with Crippen molar-refractivity contribution in [2.24, 2.45) is 0 Å². The van der Waals surface area contributed by atoms with E-state index >= 15 is 0 Å². The molecule has 1 rings (SSSR count). The summed E-state index contributed by atoms with van der Waals surface area (Å²) < 4.78 is 5.60. The monoisotopic (exact) mass is 371 g/mol. The van der Waals surface area contributed by atoms with Crippen LogP contribution in [0.1, 0.15) is 20.8 Å². The van der Waals surface area contributed by atoms with Crippen LogP contribution in [0, 0.1) is 10.1 Å². The molecule has 0 aromatic heterocycles. The predicted molar refractivity (Wildman–Crippen MR) is 101 cm³/mol. The van der Waals surface area contributed by atoms with Gasteiger partial charge in [-0.3, -0.25) is 14.9 Å². The molecule has 0 unspecified atom stereocenters. The van der Waals surface area contributed by atoms with Crippen molar-refractivity contribution in [3.8, 4) is 5.75 Å². The lowest BCUT2D eigenvalue weighted by Gasteiger charge is -2.22. The standard InChI is InChI=1S/C15H21N3O4S2/c1-5-17(6-2)15(23)24-10(3)14(19)16-12-8-7-11(22-4)9-13(12)18(20)21/h7-10H,5-6H2,1-4H3,(H,16,19)/t10-/m1/s1. The van der Waals surface area contributed by atoms with Gasteiger partial charge in [0.25, 0.3) is 5.69 Å². The van der Waals surface area contributed by atoms with Crippen LogP contribution in [0.25, 0.3) is 0 Å². The van der Waals surface area contributed by atoms with Gasteiger partial charge >= 0.3 is 0 Å². The number of thiocarbonyl (C=S) groups is 1. The zero-order valence-electron chi connectivity index (χ0n) is 14.1. The van der Waals surface area contributed by atoms with Crippen molar-refractivity contribution in [1.82, 2.24) is 4.90 Å². The first-order valence-electron chi connectivity index (χ1n) is 7.42. The first kappa shape index (κ1) is 20.2. The lowest BCUT2D eigenvalue weighted by Crippen LogP contribution is -2.31. The Morgan fingerprint density at radius 3 is 2.58 bits per heavy atom. The molecular formula is C15H21N3O4S2. The summed E-state index contributed by atoms with van der Waals surface area (Å²) in [5.41, 5.74) is -0.0850. The van der Waals surface area contributed by atoms with Gasteiger partial charge in [-0.15, -0.1) is 0 Å². The minimum absolute atomic E-state index is 0.131. The highest BCUT2D eigenvalue weighted by molar-refractivity contribution is 8.23. The van der Waals surface area contributed by atoms with Gasteiger partial charge in [0.15, 0.2) is 0 Å². The number of carbonyl (C=O) groups is 1. The van der Waals surface area contributed by atoms with Gasteiger partial charge in [0.1, 0.15) is 15.8 Å². The lowest BCUT2D eigenvalue weighted by molar-refractivity contribution is -0.384. The maximum atomic E-state index is 12.3. The number of benzene rings is 1. The summed E-state index contributed by atoms with van der Waals surface area (Å²) >= 11 is 6.58. The van der Waals surface area contributed by atoms with Gasteiger partial charge in [-0.05, 0) is 32.9 Å². The van der Waals surface area contributed by atoms with Crippen molar-refractivity contribution in [2.75, 3.05) is 25.5 Å². The van der Waals surface area contributed by atoms with E-state index in [0.717, 1.165) is 13.1 Å². The van der Waals surface area contributed by atoms with Gasteiger partial charge in [-0.2, -0.15) is 0 Å². The van der Waals surface area contributed by atoms with Gasteiger partial charge in [-0.1, -0.05) is 24.0 Å². The van der Waals surface area contributed by atoms with Crippen molar-refractivity contribution in [3.63, 3.8) is 0 Å². The Kier molecular flexibility index (Phi) is 7.93. The number of nitro benzene ring substituents is 1. The molecule has 132 valence electrons. The normalized spacial score (nSPS) is 11.5. The van der Waals surface area contributed by atoms with E-state index in [9.17, 15) is 14.9 Å². The molecule has 7 nitrogen and oxygen atoms in total. The number of nitrogens with zero attached hydrogens (tertiary/aromatic N) is 2. The summed E-state index contributed by atoms with van der Waals surface area (Å²) in [6, 6.07) is 4.28. The van der Waals surface area contributed by atoms with Crippen LogP contribution in [0.3, 0.4) is 0 Å². The van der Waals surface area contributed by atoms with Crippen molar-refractivity contribution in [1.29, 1.82) is 0 Å². The van der Waals surface area contributed by atoms with E-state index in [-0.39, 0.29) is 17.3 Å². The molecule has 0 radical (unpaired) electrons. The van der Waals surface area contributed by atoms with Crippen LogP contribution in [0.5, 0.6) is 5.75 Å². The fourth-order valence-corrected chi connectivity index (χ4v) is 3.46. The quantitative estimate of drug-likeness (QED) is 0.447. The molecule has 0 heterocycles. The summed E-state index contributed by atoms with van der Waals surface area (Å²) in [5, 5.41) is 13.3. The van der Waals surface area contributed by atoms with Crippen molar-refractivity contribution >= 4 is 45.6 Å². The number of nitrogens with one attached hydrogen (secondary N) is 1. The van der Waals surface area contributed by atoms with Gasteiger partial charge < -0.3 is 15.0 Å². The van der Waals surface area contributed by atoms with Gasteiger partial charge in [-0.25, -0.2) is 0 Å². The number of hydrogen-bond acceptors (Lipinski definition) is 6. The second-order valence-corrected chi connectivity index (χ2v) is 6.80. The molecular weight excluding hydrogens is 350 g/mol. The molecule has 0 spiro atoms. The number of thioether (sulfide) groups is 1. The molecule has 0 aliphatic rings. The zero-order valence-corrected chi connectivity index (χ0v) is 15.7. The second kappa shape index (κ2) is 9.43. The maximum Gasteiger partial charge on any atom is 0.296 e. The third-order valence-electron chi connectivity index (χ3n) is 3.33. The van der Waals surface area contributed by atoms with Crippen LogP contribution in [0.15, 0.2) is 18.2 Å². The second-order valence-electron chi connectivity index (χ2n) is 4.83. The first-order chi connectivity index (χ1) is 11.3. The van der Waals surface area contributed by atoms with E-state index in [1.807, 2.05) is 18.7 Å². The van der Waals surface area contributed by atoms with Crippen molar-refractivity contribution < 1.29 is 14.5 Å².